The van der Waals surface area contributed by atoms with Crippen molar-refractivity contribution in [2.75, 3.05) is 5.84 Å². The summed E-state index contributed by atoms with van der Waals surface area (Å²) >= 11 is 0. The number of nitrogens with two attached hydrogens (primary N) is 1. The lowest BCUT2D eigenvalue weighted by atomic mass is 10.5. The highest BCUT2D eigenvalue weighted by molar-refractivity contribution is 5.45. The van der Waals surface area contributed by atoms with E-state index in [1.165, 1.54) is 0 Å². The van der Waals surface area contributed by atoms with Gasteiger partial charge in [0.05, 0.1) is 4.92 Å². The Labute approximate surface area is 64.7 Å². The number of nitrogens with zero attached hydrogens (tertiary/aromatic N) is 4. The molecule has 12 heavy (non-hydrogen) atoms. The number of nitrogen functional groups attached to an aromatic ring is 1. The maximum absolute atomic E-state index is 10.2. The molecule has 1 aromatic rings. The molecule has 0 aliphatic carbocycles. The van der Waals surface area contributed by atoms with E-state index in [-0.39, 0.29) is 0 Å². The molecule has 0 radical (unpaired) electrons. The number of rotatable bonds is 2. The Hall–Kier alpha value is -2.19. The van der Waals surface area contributed by atoms with Crippen molar-refractivity contribution in [3.05, 3.63) is 26.4 Å². The minimum absolute atomic E-state index is 0.345. The molecular weight excluding hydrogens is 170 g/mol. The van der Waals surface area contributed by atoms with Crippen molar-refractivity contribution in [2.45, 2.75) is 0 Å². The largest absolute Gasteiger partial charge is 0.447 e. The van der Waals surface area contributed by atoms with Gasteiger partial charge in [0, 0.05) is 0 Å². The normalized spacial score (nSPS) is 9.67. The molecule has 9 heteroatoms. The van der Waals surface area contributed by atoms with E-state index in [1.54, 1.807) is 0 Å². The summed E-state index contributed by atoms with van der Waals surface area (Å²) in [7, 11) is 0. The zero-order chi connectivity index (χ0) is 9.30. The van der Waals surface area contributed by atoms with Crippen LogP contribution in [0.25, 0.3) is 0 Å². The van der Waals surface area contributed by atoms with Crippen molar-refractivity contribution >= 4 is 11.5 Å². The van der Waals surface area contributed by atoms with Crippen LogP contribution in [0.4, 0.5) is 11.5 Å². The van der Waals surface area contributed by atoms with Crippen LogP contribution in [0.15, 0.2) is 6.20 Å². The van der Waals surface area contributed by atoms with Crippen LogP contribution in [0, 0.1) is 20.2 Å². The molecular formula is C3H3N5O4. The van der Waals surface area contributed by atoms with Gasteiger partial charge >= 0.3 is 11.5 Å². The Kier molecular flexibility index (Phi) is 1.62. The topological polar surface area (TPSA) is 130 Å². The third-order valence-corrected chi connectivity index (χ3v) is 1.12. The van der Waals surface area contributed by atoms with Gasteiger partial charge in [0.1, 0.15) is 0 Å². The summed E-state index contributed by atoms with van der Waals surface area (Å²) < 4.78 is 0. The number of hydrogen-bond donors (Lipinski definition) is 1. The highest BCUT2D eigenvalue weighted by Gasteiger charge is 2.29. The fourth-order valence-electron chi connectivity index (χ4n) is 0.653. The molecule has 0 bridgehead atoms. The minimum Gasteiger partial charge on any atom is -0.358 e. The van der Waals surface area contributed by atoms with Gasteiger partial charge in [-0.1, -0.05) is 5.10 Å². The first-order valence-corrected chi connectivity index (χ1v) is 2.66. The van der Waals surface area contributed by atoms with Gasteiger partial charge in [-0.2, -0.15) is 0 Å². The van der Waals surface area contributed by atoms with Gasteiger partial charge in [-0.05, 0) is 9.71 Å². The van der Waals surface area contributed by atoms with Gasteiger partial charge in [0.2, 0.25) is 0 Å². The molecule has 1 rings (SSSR count). The van der Waals surface area contributed by atoms with Crippen molar-refractivity contribution in [1.29, 1.82) is 0 Å². The standard InChI is InChI=1S/C3H3N5O4/c4-6-3(8(11)12)2(1-5-6)7(9)10/h1H,4H2. The van der Waals surface area contributed by atoms with E-state index in [9.17, 15) is 20.2 Å². The van der Waals surface area contributed by atoms with Crippen LogP contribution in [0.5, 0.6) is 0 Å². The summed E-state index contributed by atoms with van der Waals surface area (Å²) in [6, 6.07) is 0. The molecule has 0 spiro atoms. The molecule has 0 aliphatic rings. The van der Waals surface area contributed by atoms with Gasteiger partial charge in [-0.25, -0.2) is 5.84 Å². The third kappa shape index (κ3) is 1.02. The molecule has 0 fully saturated rings. The second kappa shape index (κ2) is 2.45. The maximum Gasteiger partial charge on any atom is 0.447 e. The molecule has 0 unspecified atom stereocenters. The minimum atomic E-state index is -0.967. The van der Waals surface area contributed by atoms with E-state index >= 15 is 0 Å². The van der Waals surface area contributed by atoms with Gasteiger partial charge in [0.25, 0.3) is 0 Å². The van der Waals surface area contributed by atoms with Crippen molar-refractivity contribution < 1.29 is 9.85 Å². The Bertz CT molecular complexity index is 342. The van der Waals surface area contributed by atoms with Crippen molar-refractivity contribution in [2.24, 2.45) is 0 Å². The predicted molar refractivity (Wildman–Crippen MR) is 35.7 cm³/mol. The van der Waals surface area contributed by atoms with E-state index in [1.807, 2.05) is 0 Å². The zero-order valence-electron chi connectivity index (χ0n) is 5.58. The lowest BCUT2D eigenvalue weighted by Gasteiger charge is -1.90. The molecule has 64 valence electrons. The van der Waals surface area contributed by atoms with E-state index < -0.39 is 21.4 Å². The molecule has 0 saturated heterocycles. The lowest BCUT2D eigenvalue weighted by Crippen LogP contribution is -2.13. The van der Waals surface area contributed by atoms with Crippen LogP contribution < -0.4 is 5.84 Å². The summed E-state index contributed by atoms with van der Waals surface area (Å²) in [4.78, 5) is 18.8. The fraction of sp³-hybridized carbons (Fsp3) is 0. The molecule has 9 nitrogen and oxygen atoms in total. The van der Waals surface area contributed by atoms with Gasteiger partial charge in [-0.15, -0.1) is 0 Å². The second-order valence-electron chi connectivity index (χ2n) is 1.81. The second-order valence-corrected chi connectivity index (χ2v) is 1.81. The Morgan fingerprint density at radius 2 is 2.00 bits per heavy atom. The molecule has 2 N–H and O–H groups in total. The number of aromatic nitrogens is 2. The predicted octanol–water partition coefficient (Wildman–Crippen LogP) is -0.587. The van der Waals surface area contributed by atoms with E-state index in [0.717, 1.165) is 6.20 Å². The zero-order valence-corrected chi connectivity index (χ0v) is 5.58. The first-order chi connectivity index (χ1) is 5.54. The van der Waals surface area contributed by atoms with Crippen LogP contribution >= 0.6 is 0 Å². The van der Waals surface area contributed by atoms with Gasteiger partial charge in [-0.3, -0.25) is 10.1 Å². The first kappa shape index (κ1) is 7.91. The van der Waals surface area contributed by atoms with Crippen molar-refractivity contribution in [3.8, 4) is 0 Å². The molecule has 0 aliphatic heterocycles. The molecule has 0 aromatic carbocycles. The summed E-state index contributed by atoms with van der Waals surface area (Å²) in [6.07, 6.45) is 0.720. The Balaban J connectivity index is 3.31. The first-order valence-electron chi connectivity index (χ1n) is 2.66. The highest BCUT2D eigenvalue weighted by atomic mass is 16.6. The highest BCUT2D eigenvalue weighted by Crippen LogP contribution is 2.23. The molecule has 1 heterocycles. The summed E-state index contributed by atoms with van der Waals surface area (Å²) in [5.74, 6) is 4.11. The van der Waals surface area contributed by atoms with E-state index in [4.69, 9.17) is 5.84 Å². The molecule has 1 aromatic heterocycles. The SMILES string of the molecule is Nn1ncc([N+](=O)[O-])c1[N+](=O)[O-]. The summed E-state index contributed by atoms with van der Waals surface area (Å²) in [6.45, 7) is 0. The molecule has 0 amide bonds. The molecule has 0 saturated carbocycles. The van der Waals surface area contributed by atoms with Gasteiger partial charge < -0.3 is 10.1 Å². The smallest absolute Gasteiger partial charge is 0.358 e. The lowest BCUT2D eigenvalue weighted by molar-refractivity contribution is -0.426. The van der Waals surface area contributed by atoms with Crippen LogP contribution in [0.3, 0.4) is 0 Å². The van der Waals surface area contributed by atoms with Gasteiger partial charge in [0.15, 0.2) is 6.20 Å². The Morgan fingerprint density at radius 3 is 2.33 bits per heavy atom. The van der Waals surface area contributed by atoms with Crippen molar-refractivity contribution in [1.82, 2.24) is 9.89 Å². The van der Waals surface area contributed by atoms with Crippen molar-refractivity contribution in [3.63, 3.8) is 0 Å². The van der Waals surface area contributed by atoms with Crippen LogP contribution in [-0.4, -0.2) is 19.7 Å². The monoisotopic (exact) mass is 173 g/mol. The number of hydrogen-bond acceptors (Lipinski definition) is 6. The number of nitro groups is 2. The molecule has 0 atom stereocenters. The average molecular weight is 173 g/mol. The maximum atomic E-state index is 10.2. The average Bonchev–Trinajstić information content (AvgIpc) is 2.30. The van der Waals surface area contributed by atoms with Crippen LogP contribution in [0.2, 0.25) is 0 Å². The van der Waals surface area contributed by atoms with E-state index in [0.29, 0.717) is 4.79 Å². The van der Waals surface area contributed by atoms with E-state index in [2.05, 4.69) is 5.10 Å². The quantitative estimate of drug-likeness (QED) is 0.361. The third-order valence-electron chi connectivity index (χ3n) is 1.12. The van der Waals surface area contributed by atoms with Crippen LogP contribution in [0.1, 0.15) is 0 Å². The van der Waals surface area contributed by atoms with Crippen LogP contribution in [-0.2, 0) is 0 Å². The summed E-state index contributed by atoms with van der Waals surface area (Å²) in [5.41, 5.74) is -0.720. The Morgan fingerprint density at radius 1 is 1.42 bits per heavy atom. The fourth-order valence-corrected chi connectivity index (χ4v) is 0.653. The summed E-state index contributed by atoms with van der Waals surface area (Å²) in [5, 5.41) is 23.5.